The van der Waals surface area contributed by atoms with Gasteiger partial charge in [0.2, 0.25) is 5.91 Å². The van der Waals surface area contributed by atoms with Crippen LogP contribution in [0.2, 0.25) is 0 Å². The third kappa shape index (κ3) is 4.75. The molecule has 0 aromatic heterocycles. The predicted molar refractivity (Wildman–Crippen MR) is 76.6 cm³/mol. The Kier molecular flexibility index (Phi) is 5.61. The van der Waals surface area contributed by atoms with Crippen LogP contribution in [0.1, 0.15) is 58.3 Å². The number of nitrogens with one attached hydrogen (secondary N) is 1. The van der Waals surface area contributed by atoms with Crippen LogP contribution < -0.4 is 5.32 Å². The summed E-state index contributed by atoms with van der Waals surface area (Å²) in [6.45, 7) is 1.54. The second-order valence-corrected chi connectivity index (χ2v) is 6.37. The Morgan fingerprint density at radius 3 is 2.37 bits per heavy atom. The molecule has 5 heteroatoms. The molecule has 3 atom stereocenters. The van der Waals surface area contributed by atoms with Crippen LogP contribution in [-0.2, 0) is 4.79 Å². The minimum Gasteiger partial charge on any atom is -0.352 e. The van der Waals surface area contributed by atoms with E-state index in [0.717, 1.165) is 19.3 Å². The third-order valence-electron chi connectivity index (χ3n) is 4.10. The second-order valence-electron chi connectivity index (χ2n) is 5.81. The molecule has 19 heavy (non-hydrogen) atoms. The molecule has 2 aliphatic rings. The van der Waals surface area contributed by atoms with Crippen LogP contribution in [0.4, 0.5) is 0 Å². The quantitative estimate of drug-likeness (QED) is 0.627. The molecular weight excluding hydrogens is 262 g/mol. The molecule has 3 unspecified atom stereocenters. The van der Waals surface area contributed by atoms with Crippen LogP contribution in [-0.4, -0.2) is 29.4 Å². The average molecular weight is 286 g/mol. The van der Waals surface area contributed by atoms with Crippen LogP contribution in [0.25, 0.3) is 0 Å². The zero-order chi connectivity index (χ0) is 13.7. The molecule has 2 saturated carbocycles. The van der Waals surface area contributed by atoms with Gasteiger partial charge in [-0.15, -0.1) is 11.6 Å². The van der Waals surface area contributed by atoms with Crippen molar-refractivity contribution >= 4 is 17.5 Å². The van der Waals surface area contributed by atoms with Crippen LogP contribution in [0, 0.1) is 0 Å². The van der Waals surface area contributed by atoms with Crippen molar-refractivity contribution < 1.29 is 4.79 Å². The lowest BCUT2D eigenvalue weighted by Gasteiger charge is -2.31. The molecule has 4 nitrogen and oxygen atoms in total. The van der Waals surface area contributed by atoms with Crippen LogP contribution in [0.3, 0.4) is 0 Å². The number of azo groups is 1. The molecule has 0 aliphatic heterocycles. The highest BCUT2D eigenvalue weighted by molar-refractivity contribution is 6.21. The van der Waals surface area contributed by atoms with E-state index < -0.39 is 0 Å². The SMILES string of the molecule is CC(=O)NC1CCC(N=NC2CCCCC2)CC1Cl. The molecule has 1 N–H and O–H groups in total. The Morgan fingerprint density at radius 2 is 1.74 bits per heavy atom. The van der Waals surface area contributed by atoms with Crippen molar-refractivity contribution in [3.05, 3.63) is 0 Å². The van der Waals surface area contributed by atoms with Gasteiger partial charge in [0.1, 0.15) is 0 Å². The second kappa shape index (κ2) is 7.22. The van der Waals surface area contributed by atoms with Gasteiger partial charge in [0.25, 0.3) is 0 Å². The number of alkyl halides is 1. The summed E-state index contributed by atoms with van der Waals surface area (Å²) >= 11 is 6.33. The van der Waals surface area contributed by atoms with Gasteiger partial charge in [-0.2, -0.15) is 10.2 Å². The standard InChI is InChI=1S/C14H24ClN3O/c1-10(19)16-14-8-7-12(9-13(14)15)18-17-11-5-3-2-4-6-11/h11-14H,2-9H2,1H3,(H,16,19). The number of rotatable bonds is 3. The molecule has 2 fully saturated rings. The number of hydrogen-bond acceptors (Lipinski definition) is 3. The molecule has 108 valence electrons. The Balaban J connectivity index is 1.77. The minimum atomic E-state index is -0.0204. The van der Waals surface area contributed by atoms with Gasteiger partial charge >= 0.3 is 0 Å². The summed E-state index contributed by atoms with van der Waals surface area (Å²) in [4.78, 5) is 11.1. The molecule has 0 aromatic carbocycles. The highest BCUT2D eigenvalue weighted by Crippen LogP contribution is 2.27. The molecule has 0 aromatic rings. The Hall–Kier alpha value is -0.640. The largest absolute Gasteiger partial charge is 0.352 e. The van der Waals surface area contributed by atoms with E-state index in [1.54, 1.807) is 6.92 Å². The predicted octanol–water partition coefficient (Wildman–Crippen LogP) is 3.44. The lowest BCUT2D eigenvalue weighted by molar-refractivity contribution is -0.119. The van der Waals surface area contributed by atoms with E-state index >= 15 is 0 Å². The van der Waals surface area contributed by atoms with Crippen molar-refractivity contribution in [3.63, 3.8) is 0 Å². The van der Waals surface area contributed by atoms with E-state index in [1.807, 2.05) is 0 Å². The Labute approximate surface area is 120 Å². The number of hydrogen-bond donors (Lipinski definition) is 1. The van der Waals surface area contributed by atoms with Crippen molar-refractivity contribution in [2.75, 3.05) is 0 Å². The smallest absolute Gasteiger partial charge is 0.217 e. The fraction of sp³-hybridized carbons (Fsp3) is 0.929. The molecule has 2 aliphatic carbocycles. The molecule has 0 saturated heterocycles. The normalized spacial score (nSPS) is 33.5. The molecule has 0 spiro atoms. The summed E-state index contributed by atoms with van der Waals surface area (Å²) in [6.07, 6.45) is 9.01. The van der Waals surface area contributed by atoms with Gasteiger partial charge in [-0.3, -0.25) is 4.79 Å². The highest BCUT2D eigenvalue weighted by atomic mass is 35.5. The highest BCUT2D eigenvalue weighted by Gasteiger charge is 2.29. The fourth-order valence-electron chi connectivity index (χ4n) is 3.01. The molecule has 0 heterocycles. The van der Waals surface area contributed by atoms with E-state index in [4.69, 9.17) is 11.6 Å². The first-order valence-electron chi connectivity index (χ1n) is 7.46. The Morgan fingerprint density at radius 1 is 1.05 bits per heavy atom. The summed E-state index contributed by atoms with van der Waals surface area (Å²) in [5.74, 6) is -0.00191. The van der Waals surface area contributed by atoms with Crippen LogP contribution in [0.15, 0.2) is 10.2 Å². The molecule has 1 amide bonds. The summed E-state index contributed by atoms with van der Waals surface area (Å²) in [5, 5.41) is 11.9. The number of halogens is 1. The lowest BCUT2D eigenvalue weighted by atomic mass is 9.91. The summed E-state index contributed by atoms with van der Waals surface area (Å²) in [6, 6.07) is 0.783. The maximum absolute atomic E-state index is 11.1. The third-order valence-corrected chi connectivity index (χ3v) is 4.58. The number of nitrogens with zero attached hydrogens (tertiary/aromatic N) is 2. The number of carbonyl (C=O) groups is 1. The van der Waals surface area contributed by atoms with E-state index in [2.05, 4.69) is 15.5 Å². The van der Waals surface area contributed by atoms with E-state index in [1.165, 1.54) is 32.1 Å². The lowest BCUT2D eigenvalue weighted by Crippen LogP contribution is -2.44. The molecule has 2 rings (SSSR count). The molecule has 0 bridgehead atoms. The van der Waals surface area contributed by atoms with E-state index in [0.29, 0.717) is 6.04 Å². The van der Waals surface area contributed by atoms with Gasteiger partial charge in [0.15, 0.2) is 0 Å². The topological polar surface area (TPSA) is 53.8 Å². The van der Waals surface area contributed by atoms with Gasteiger partial charge in [-0.25, -0.2) is 0 Å². The average Bonchev–Trinajstić information content (AvgIpc) is 2.40. The Bertz CT molecular complexity index is 329. The first kappa shape index (κ1) is 14.8. The van der Waals surface area contributed by atoms with Crippen molar-refractivity contribution in [2.24, 2.45) is 10.2 Å². The van der Waals surface area contributed by atoms with Crippen molar-refractivity contribution in [3.8, 4) is 0 Å². The monoisotopic (exact) mass is 285 g/mol. The fourth-order valence-corrected chi connectivity index (χ4v) is 3.40. The molecular formula is C14H24ClN3O. The van der Waals surface area contributed by atoms with Crippen molar-refractivity contribution in [2.45, 2.75) is 81.8 Å². The maximum atomic E-state index is 11.1. The maximum Gasteiger partial charge on any atom is 0.217 e. The minimum absolute atomic E-state index is 0.00191. The van der Waals surface area contributed by atoms with Crippen LogP contribution >= 0.6 is 11.6 Å². The van der Waals surface area contributed by atoms with Gasteiger partial charge in [-0.05, 0) is 32.1 Å². The summed E-state index contributed by atoms with van der Waals surface area (Å²) in [5.41, 5.74) is 0. The van der Waals surface area contributed by atoms with Crippen molar-refractivity contribution in [1.29, 1.82) is 0 Å². The first-order valence-corrected chi connectivity index (χ1v) is 7.90. The first-order chi connectivity index (χ1) is 9.15. The zero-order valence-corrected chi connectivity index (χ0v) is 12.4. The van der Waals surface area contributed by atoms with Crippen molar-refractivity contribution in [1.82, 2.24) is 5.32 Å². The van der Waals surface area contributed by atoms with Gasteiger partial charge in [0, 0.05) is 13.0 Å². The summed E-state index contributed by atoms with van der Waals surface area (Å²) < 4.78 is 0. The van der Waals surface area contributed by atoms with Crippen LogP contribution in [0.5, 0.6) is 0 Å². The number of carbonyl (C=O) groups excluding carboxylic acids is 1. The van der Waals surface area contributed by atoms with Gasteiger partial charge in [-0.1, -0.05) is 19.3 Å². The summed E-state index contributed by atoms with van der Waals surface area (Å²) in [7, 11) is 0. The van der Waals surface area contributed by atoms with E-state index in [9.17, 15) is 4.79 Å². The van der Waals surface area contributed by atoms with Gasteiger partial charge < -0.3 is 5.32 Å². The van der Waals surface area contributed by atoms with E-state index in [-0.39, 0.29) is 23.4 Å². The molecule has 0 radical (unpaired) electrons. The zero-order valence-electron chi connectivity index (χ0n) is 11.6. The van der Waals surface area contributed by atoms with Gasteiger partial charge in [0.05, 0.1) is 17.5 Å². The number of amides is 1.